The smallest absolute Gasteiger partial charge is 0.115 e. The average molecular weight is 157 g/mol. The summed E-state index contributed by atoms with van der Waals surface area (Å²) < 4.78 is 0. The summed E-state index contributed by atoms with van der Waals surface area (Å²) in [7, 11) is 7.63. The summed E-state index contributed by atoms with van der Waals surface area (Å²) in [5, 5.41) is 0. The van der Waals surface area contributed by atoms with E-state index in [0.29, 0.717) is 0 Å². The summed E-state index contributed by atoms with van der Waals surface area (Å²) in [6.07, 6.45) is 7.59. The molecular formula is C10H12BN. The zero-order chi connectivity index (χ0) is 9.14. The van der Waals surface area contributed by atoms with E-state index >= 15 is 0 Å². The van der Waals surface area contributed by atoms with Crippen LogP contribution in [0, 0.1) is 0 Å². The minimum absolute atomic E-state index is 0.788. The largest absolute Gasteiger partial charge is 0.351 e. The molecule has 0 fully saturated rings. The highest BCUT2D eigenvalue weighted by molar-refractivity contribution is 6.23. The Morgan fingerprint density at radius 1 is 1.58 bits per heavy atom. The van der Waals surface area contributed by atoms with Gasteiger partial charge in [0.05, 0.1) is 0 Å². The van der Waals surface area contributed by atoms with Crippen LogP contribution in [0.25, 0.3) is 0 Å². The van der Waals surface area contributed by atoms with Gasteiger partial charge in [-0.3, -0.25) is 0 Å². The number of hydrogen-bond acceptors (Lipinski definition) is 1. The van der Waals surface area contributed by atoms with Gasteiger partial charge in [-0.05, 0) is 24.8 Å². The second-order valence-corrected chi connectivity index (χ2v) is 2.85. The van der Waals surface area contributed by atoms with Crippen LogP contribution in [-0.2, 0) is 0 Å². The van der Waals surface area contributed by atoms with Gasteiger partial charge in [-0.2, -0.15) is 0 Å². The van der Waals surface area contributed by atoms with Crippen molar-refractivity contribution >= 4 is 7.85 Å². The molecule has 0 aromatic heterocycles. The van der Waals surface area contributed by atoms with Gasteiger partial charge >= 0.3 is 0 Å². The van der Waals surface area contributed by atoms with Gasteiger partial charge in [-0.1, -0.05) is 24.2 Å². The van der Waals surface area contributed by atoms with E-state index in [1.165, 1.54) is 0 Å². The van der Waals surface area contributed by atoms with Gasteiger partial charge in [0.2, 0.25) is 0 Å². The molecule has 2 heteroatoms. The van der Waals surface area contributed by atoms with Gasteiger partial charge < -0.3 is 4.90 Å². The maximum Gasteiger partial charge on any atom is 0.115 e. The van der Waals surface area contributed by atoms with E-state index in [1.807, 2.05) is 37.2 Å². The summed E-state index contributed by atoms with van der Waals surface area (Å²) in [6.45, 7) is 5.69. The fraction of sp³-hybridized carbons (Fsp3) is 0.200. The van der Waals surface area contributed by atoms with Crippen LogP contribution in [0.5, 0.6) is 0 Å². The van der Waals surface area contributed by atoms with Gasteiger partial charge in [0.15, 0.2) is 0 Å². The Bertz CT molecular complexity index is 284. The first-order valence-electron chi connectivity index (χ1n) is 3.86. The average Bonchev–Trinajstić information content (AvgIpc) is 1.96. The highest BCUT2D eigenvalue weighted by Crippen LogP contribution is 2.20. The molecule has 12 heavy (non-hydrogen) atoms. The van der Waals surface area contributed by atoms with Crippen molar-refractivity contribution in [2.24, 2.45) is 0 Å². The Hall–Kier alpha value is -1.18. The molecule has 0 aromatic rings. The van der Waals surface area contributed by atoms with Crippen LogP contribution in [0.1, 0.15) is 6.92 Å². The molecule has 0 aromatic carbocycles. The number of likely N-dealkylation sites (N-methyl/N-ethyl adjacent to an activating group) is 1. The molecule has 1 rings (SSSR count). The molecule has 0 aliphatic carbocycles. The Labute approximate surface area is 75.2 Å². The molecule has 1 aliphatic heterocycles. The van der Waals surface area contributed by atoms with Crippen LogP contribution in [0.2, 0.25) is 0 Å². The first kappa shape index (κ1) is 8.92. The third-order valence-electron chi connectivity index (χ3n) is 1.79. The minimum Gasteiger partial charge on any atom is -0.351 e. The van der Waals surface area contributed by atoms with E-state index in [2.05, 4.69) is 6.58 Å². The standard InChI is InChI=1S/C10H12BN/c1-4-5-10-8(2)6-9(11)7-12(10)3/h4-7H,1H2,2-3H3/b10-5-. The first-order valence-corrected chi connectivity index (χ1v) is 3.86. The first-order chi connectivity index (χ1) is 5.65. The van der Waals surface area contributed by atoms with E-state index in [9.17, 15) is 0 Å². The quantitative estimate of drug-likeness (QED) is 0.526. The van der Waals surface area contributed by atoms with Gasteiger partial charge in [0, 0.05) is 12.7 Å². The molecule has 1 nitrogen and oxygen atoms in total. The maximum absolute atomic E-state index is 5.66. The van der Waals surface area contributed by atoms with Crippen molar-refractivity contribution in [3.8, 4) is 0 Å². The monoisotopic (exact) mass is 157 g/mol. The van der Waals surface area contributed by atoms with Crippen molar-refractivity contribution in [2.45, 2.75) is 6.92 Å². The summed E-state index contributed by atoms with van der Waals surface area (Å²) in [5.41, 5.74) is 3.09. The molecule has 0 saturated heterocycles. The molecule has 0 amide bonds. The summed E-state index contributed by atoms with van der Waals surface area (Å²) >= 11 is 0. The maximum atomic E-state index is 5.66. The van der Waals surface area contributed by atoms with Gasteiger partial charge in [0.1, 0.15) is 7.85 Å². The fourth-order valence-corrected chi connectivity index (χ4v) is 1.29. The van der Waals surface area contributed by atoms with E-state index in [4.69, 9.17) is 7.85 Å². The predicted octanol–water partition coefficient (Wildman–Crippen LogP) is 1.96. The fourth-order valence-electron chi connectivity index (χ4n) is 1.29. The van der Waals surface area contributed by atoms with Crippen LogP contribution in [0.3, 0.4) is 0 Å². The predicted molar refractivity (Wildman–Crippen MR) is 53.6 cm³/mol. The molecule has 1 heterocycles. The SMILES string of the molecule is [B]C1=CN(C)/C(=C\C=C)C(C)=C1. The molecule has 0 spiro atoms. The Balaban J connectivity index is 3.02. The molecule has 60 valence electrons. The molecular weight excluding hydrogens is 145 g/mol. The lowest BCUT2D eigenvalue weighted by molar-refractivity contribution is 0.571. The van der Waals surface area contributed by atoms with Crippen molar-refractivity contribution in [1.82, 2.24) is 4.90 Å². The van der Waals surface area contributed by atoms with Gasteiger partial charge in [-0.15, -0.1) is 0 Å². The van der Waals surface area contributed by atoms with E-state index < -0.39 is 0 Å². The lowest BCUT2D eigenvalue weighted by Crippen LogP contribution is -2.15. The topological polar surface area (TPSA) is 3.24 Å². The molecule has 1 aliphatic rings. The van der Waals surface area contributed by atoms with Crippen molar-refractivity contribution in [3.63, 3.8) is 0 Å². The van der Waals surface area contributed by atoms with E-state index in [-0.39, 0.29) is 0 Å². The second-order valence-electron chi connectivity index (χ2n) is 2.85. The third kappa shape index (κ3) is 1.70. The van der Waals surface area contributed by atoms with Crippen LogP contribution >= 0.6 is 0 Å². The zero-order valence-electron chi connectivity index (χ0n) is 7.54. The van der Waals surface area contributed by atoms with Crippen LogP contribution < -0.4 is 0 Å². The lowest BCUT2D eigenvalue weighted by Gasteiger charge is -2.24. The highest BCUT2D eigenvalue weighted by Gasteiger charge is 2.07. The Morgan fingerprint density at radius 3 is 2.75 bits per heavy atom. The van der Waals surface area contributed by atoms with Crippen LogP contribution in [-0.4, -0.2) is 19.8 Å². The molecule has 2 radical (unpaired) electrons. The zero-order valence-corrected chi connectivity index (χ0v) is 7.54. The summed E-state index contributed by atoms with van der Waals surface area (Å²) in [6, 6.07) is 0. The van der Waals surface area contributed by atoms with Crippen molar-refractivity contribution in [3.05, 3.63) is 47.7 Å². The number of rotatable bonds is 1. The van der Waals surface area contributed by atoms with Crippen molar-refractivity contribution in [1.29, 1.82) is 0 Å². The lowest BCUT2D eigenvalue weighted by atomic mass is 9.91. The number of allylic oxidation sites excluding steroid dienone is 5. The minimum atomic E-state index is 0.788. The second kappa shape index (κ2) is 3.48. The van der Waals surface area contributed by atoms with E-state index in [0.717, 1.165) is 16.7 Å². The number of nitrogens with zero attached hydrogens (tertiary/aromatic N) is 1. The number of hydrogen-bond donors (Lipinski definition) is 0. The normalized spacial score (nSPS) is 20.5. The molecule has 0 atom stereocenters. The van der Waals surface area contributed by atoms with Crippen molar-refractivity contribution < 1.29 is 0 Å². The molecule has 0 N–H and O–H groups in total. The van der Waals surface area contributed by atoms with E-state index in [1.54, 1.807) is 6.08 Å². The van der Waals surface area contributed by atoms with Gasteiger partial charge in [0.25, 0.3) is 0 Å². The van der Waals surface area contributed by atoms with Gasteiger partial charge in [-0.25, -0.2) is 0 Å². The Kier molecular flexibility index (Phi) is 2.59. The summed E-state index contributed by atoms with van der Waals surface area (Å²) in [4.78, 5) is 1.99. The molecule has 0 bridgehead atoms. The Morgan fingerprint density at radius 2 is 2.25 bits per heavy atom. The van der Waals surface area contributed by atoms with Crippen LogP contribution in [0.4, 0.5) is 0 Å². The van der Waals surface area contributed by atoms with Crippen LogP contribution in [0.15, 0.2) is 47.7 Å². The molecule has 0 unspecified atom stereocenters. The van der Waals surface area contributed by atoms with Crippen molar-refractivity contribution in [2.75, 3.05) is 7.05 Å². The highest BCUT2D eigenvalue weighted by atomic mass is 15.1. The molecule has 0 saturated carbocycles. The third-order valence-corrected chi connectivity index (χ3v) is 1.79. The summed E-state index contributed by atoms with van der Waals surface area (Å²) in [5.74, 6) is 0.